The van der Waals surface area contributed by atoms with Crippen molar-refractivity contribution in [2.24, 2.45) is 0 Å². The molecule has 0 aliphatic heterocycles. The zero-order chi connectivity index (χ0) is 33.6. The Kier molecular flexibility index (Phi) is 7.75. The summed E-state index contributed by atoms with van der Waals surface area (Å²) in [5.74, 6) is 0.890. The molecule has 0 saturated carbocycles. The second-order valence-electron chi connectivity index (χ2n) is 14.6. The largest absolute Gasteiger partial charge is 0.507 e. The lowest BCUT2D eigenvalue weighted by Gasteiger charge is -2.22. The molecule has 0 fully saturated rings. The number of pyridine rings is 1. The molecule has 0 radical (unpaired) electrons. The van der Waals surface area contributed by atoms with Gasteiger partial charge in [0.2, 0.25) is 0 Å². The summed E-state index contributed by atoms with van der Waals surface area (Å²) in [7, 11) is 0. The van der Waals surface area contributed by atoms with Crippen LogP contribution >= 0.6 is 0 Å². The summed E-state index contributed by atoms with van der Waals surface area (Å²) in [4.78, 5) is 10.2. The van der Waals surface area contributed by atoms with Gasteiger partial charge in [-0.05, 0) is 105 Å². The SMILES string of the molecule is CC(C)(C)c1ccnc(-c2cc(-c3ccccc3)cc(-c3cc(C(C)(C)C)cc4c3nc(-c3ccccc3O)n4-c3ccccc3)c2)c1. The van der Waals surface area contributed by atoms with E-state index in [0.717, 1.165) is 50.2 Å². The van der Waals surface area contributed by atoms with E-state index in [-0.39, 0.29) is 16.6 Å². The summed E-state index contributed by atoms with van der Waals surface area (Å²) in [5.41, 5.74) is 12.2. The van der Waals surface area contributed by atoms with Crippen molar-refractivity contribution in [2.45, 2.75) is 52.4 Å². The molecular weight excluding hydrogens is 587 g/mol. The predicted octanol–water partition coefficient (Wildman–Crippen LogP) is 11.4. The molecule has 0 bridgehead atoms. The number of aromatic hydroxyl groups is 1. The van der Waals surface area contributed by atoms with Crippen molar-refractivity contribution in [1.29, 1.82) is 0 Å². The Morgan fingerprint density at radius 3 is 1.85 bits per heavy atom. The van der Waals surface area contributed by atoms with Gasteiger partial charge in [-0.3, -0.25) is 9.55 Å². The fourth-order valence-electron chi connectivity index (χ4n) is 6.30. The maximum Gasteiger partial charge on any atom is 0.149 e. The van der Waals surface area contributed by atoms with Gasteiger partial charge in [-0.25, -0.2) is 4.98 Å². The molecule has 0 atom stereocenters. The van der Waals surface area contributed by atoms with Gasteiger partial charge < -0.3 is 5.11 Å². The average molecular weight is 628 g/mol. The third-order valence-electron chi connectivity index (χ3n) is 9.06. The lowest BCUT2D eigenvalue weighted by molar-refractivity contribution is 0.477. The van der Waals surface area contributed by atoms with E-state index in [4.69, 9.17) is 9.97 Å². The predicted molar refractivity (Wildman–Crippen MR) is 200 cm³/mol. The molecule has 48 heavy (non-hydrogen) atoms. The molecule has 4 heteroatoms. The molecule has 0 saturated heterocycles. The van der Waals surface area contributed by atoms with E-state index in [2.05, 4.69) is 131 Å². The van der Waals surface area contributed by atoms with Crippen molar-refractivity contribution in [3.05, 3.63) is 145 Å². The van der Waals surface area contributed by atoms with E-state index in [1.165, 1.54) is 11.1 Å². The summed E-state index contributed by atoms with van der Waals surface area (Å²) < 4.78 is 2.18. The van der Waals surface area contributed by atoms with Crippen molar-refractivity contribution in [1.82, 2.24) is 14.5 Å². The van der Waals surface area contributed by atoms with Crippen molar-refractivity contribution in [2.75, 3.05) is 0 Å². The monoisotopic (exact) mass is 627 g/mol. The summed E-state index contributed by atoms with van der Waals surface area (Å²) in [6.07, 6.45) is 1.92. The first-order valence-electron chi connectivity index (χ1n) is 16.6. The Morgan fingerprint density at radius 2 is 1.17 bits per heavy atom. The second kappa shape index (κ2) is 12.0. The van der Waals surface area contributed by atoms with Crippen LogP contribution in [-0.4, -0.2) is 19.6 Å². The first kappa shape index (κ1) is 31.1. The van der Waals surface area contributed by atoms with Crippen molar-refractivity contribution >= 4 is 11.0 Å². The molecule has 0 unspecified atom stereocenters. The van der Waals surface area contributed by atoms with E-state index in [9.17, 15) is 5.11 Å². The van der Waals surface area contributed by atoms with Gasteiger partial charge in [0.15, 0.2) is 0 Å². The van der Waals surface area contributed by atoms with Crippen LogP contribution in [0.5, 0.6) is 5.75 Å². The molecular formula is C44H41N3O. The molecule has 0 spiro atoms. The first-order valence-corrected chi connectivity index (χ1v) is 16.6. The number of phenols is 1. The zero-order valence-electron chi connectivity index (χ0n) is 28.5. The topological polar surface area (TPSA) is 50.9 Å². The summed E-state index contributed by atoms with van der Waals surface area (Å²) in [5, 5.41) is 11.1. The highest BCUT2D eigenvalue weighted by molar-refractivity contribution is 5.98. The van der Waals surface area contributed by atoms with Crippen LogP contribution < -0.4 is 0 Å². The minimum absolute atomic E-state index is 0.00552. The molecule has 4 nitrogen and oxygen atoms in total. The summed E-state index contributed by atoms with van der Waals surface area (Å²) in [6.45, 7) is 13.4. The molecule has 5 aromatic carbocycles. The fourth-order valence-corrected chi connectivity index (χ4v) is 6.30. The van der Waals surface area contributed by atoms with E-state index < -0.39 is 0 Å². The number of aromatic nitrogens is 3. The van der Waals surface area contributed by atoms with Crippen LogP contribution in [0, 0.1) is 0 Å². The Labute approximate surface area is 283 Å². The molecule has 7 rings (SSSR count). The van der Waals surface area contributed by atoms with Gasteiger partial charge in [0.05, 0.1) is 22.3 Å². The highest BCUT2D eigenvalue weighted by atomic mass is 16.3. The molecule has 1 N–H and O–H groups in total. The Bertz CT molecular complexity index is 2250. The Morgan fingerprint density at radius 1 is 0.542 bits per heavy atom. The number of imidazole rings is 1. The van der Waals surface area contributed by atoms with Crippen LogP contribution in [0.2, 0.25) is 0 Å². The van der Waals surface area contributed by atoms with Crippen LogP contribution in [0.4, 0.5) is 0 Å². The van der Waals surface area contributed by atoms with Gasteiger partial charge >= 0.3 is 0 Å². The number of hydrogen-bond acceptors (Lipinski definition) is 3. The van der Waals surface area contributed by atoms with Crippen molar-refractivity contribution in [3.8, 4) is 56.3 Å². The number of nitrogens with zero attached hydrogens (tertiary/aromatic N) is 3. The average Bonchev–Trinajstić information content (AvgIpc) is 3.47. The number of hydrogen-bond donors (Lipinski definition) is 1. The van der Waals surface area contributed by atoms with Crippen molar-refractivity contribution < 1.29 is 5.11 Å². The van der Waals surface area contributed by atoms with Gasteiger partial charge in [-0.1, -0.05) is 102 Å². The van der Waals surface area contributed by atoms with Crippen LogP contribution in [0.25, 0.3) is 61.6 Å². The Balaban J connectivity index is 1.58. The standard InChI is InChI=1S/C44H41N3O/c1-43(2,3)33-21-22-45-38(27-33)32-24-30(29-15-9-7-10-16-29)23-31(25-32)37-26-34(44(4,5)6)28-39-41(37)46-42(36-19-13-14-20-40(36)48)47(39)35-17-11-8-12-18-35/h7-28,48H,1-6H3. The third kappa shape index (κ3) is 5.91. The van der Waals surface area contributed by atoms with Gasteiger partial charge in [0, 0.05) is 23.0 Å². The van der Waals surface area contributed by atoms with Gasteiger partial charge in [0.1, 0.15) is 11.6 Å². The zero-order valence-corrected chi connectivity index (χ0v) is 28.5. The smallest absolute Gasteiger partial charge is 0.149 e. The highest BCUT2D eigenvalue weighted by Gasteiger charge is 2.24. The number of rotatable bonds is 5. The summed E-state index contributed by atoms with van der Waals surface area (Å²) in [6, 6.07) is 43.9. The molecule has 238 valence electrons. The van der Waals surface area contributed by atoms with E-state index in [1.54, 1.807) is 6.07 Å². The van der Waals surface area contributed by atoms with Crippen LogP contribution in [-0.2, 0) is 10.8 Å². The molecule has 0 aliphatic rings. The quantitative estimate of drug-likeness (QED) is 0.207. The number of benzene rings is 5. The molecule has 0 amide bonds. The highest BCUT2D eigenvalue weighted by Crippen LogP contribution is 2.42. The maximum absolute atomic E-state index is 11.1. The minimum atomic E-state index is -0.133. The number of fused-ring (bicyclic) bond motifs is 1. The number of para-hydroxylation sites is 2. The normalized spacial score (nSPS) is 12.0. The van der Waals surface area contributed by atoms with Crippen LogP contribution in [0.15, 0.2) is 134 Å². The van der Waals surface area contributed by atoms with Gasteiger partial charge in [-0.15, -0.1) is 0 Å². The molecule has 0 aliphatic carbocycles. The molecule has 7 aromatic rings. The Hall–Kier alpha value is -5.48. The van der Waals surface area contributed by atoms with Crippen LogP contribution in [0.1, 0.15) is 52.7 Å². The van der Waals surface area contributed by atoms with E-state index in [0.29, 0.717) is 11.4 Å². The minimum Gasteiger partial charge on any atom is -0.507 e. The first-order chi connectivity index (χ1) is 23.0. The van der Waals surface area contributed by atoms with Gasteiger partial charge in [-0.2, -0.15) is 0 Å². The number of phenolic OH excluding ortho intramolecular Hbond substituents is 1. The lowest BCUT2D eigenvalue weighted by Crippen LogP contribution is -2.11. The van der Waals surface area contributed by atoms with E-state index in [1.807, 2.05) is 42.6 Å². The summed E-state index contributed by atoms with van der Waals surface area (Å²) >= 11 is 0. The third-order valence-corrected chi connectivity index (χ3v) is 9.06. The van der Waals surface area contributed by atoms with Gasteiger partial charge in [0.25, 0.3) is 0 Å². The molecule has 2 heterocycles. The van der Waals surface area contributed by atoms with Crippen LogP contribution in [0.3, 0.4) is 0 Å². The van der Waals surface area contributed by atoms with Crippen molar-refractivity contribution in [3.63, 3.8) is 0 Å². The lowest BCUT2D eigenvalue weighted by atomic mass is 9.84. The second-order valence-corrected chi connectivity index (χ2v) is 14.6. The maximum atomic E-state index is 11.1. The van der Waals surface area contributed by atoms with E-state index >= 15 is 0 Å². The molecule has 2 aromatic heterocycles. The fraction of sp³-hybridized carbons (Fsp3) is 0.182.